The van der Waals surface area contributed by atoms with Crippen LogP contribution >= 0.6 is 12.4 Å². The van der Waals surface area contributed by atoms with Crippen molar-refractivity contribution in [3.8, 4) is 0 Å². The number of aliphatic carboxylic acids is 1. The standard InChI is InChI=1S/C12H13NO2.ClH/c14-11(15)10-8-4-5-12(10,7-8)9-3-1-2-6-13-9;/h1-3,6,8,10H,4-5,7H2,(H,14,15);1H. The van der Waals surface area contributed by atoms with Gasteiger partial charge in [0.05, 0.1) is 5.92 Å². The van der Waals surface area contributed by atoms with E-state index in [0.29, 0.717) is 5.92 Å². The molecule has 3 unspecified atom stereocenters. The molecule has 3 nitrogen and oxygen atoms in total. The Kier molecular flexibility index (Phi) is 2.66. The lowest BCUT2D eigenvalue weighted by Gasteiger charge is -2.44. The number of hydrogen-bond acceptors (Lipinski definition) is 2. The fraction of sp³-hybridized carbons (Fsp3) is 0.500. The summed E-state index contributed by atoms with van der Waals surface area (Å²) in [6.07, 6.45) is 4.81. The number of nitrogens with zero attached hydrogens (tertiary/aromatic N) is 1. The van der Waals surface area contributed by atoms with Crippen LogP contribution in [0.3, 0.4) is 0 Å². The first-order valence-electron chi connectivity index (χ1n) is 5.38. The van der Waals surface area contributed by atoms with Crippen LogP contribution in [0, 0.1) is 11.8 Å². The van der Waals surface area contributed by atoms with Gasteiger partial charge in [0, 0.05) is 17.3 Å². The topological polar surface area (TPSA) is 50.2 Å². The van der Waals surface area contributed by atoms with Crippen molar-refractivity contribution in [2.24, 2.45) is 11.8 Å². The maximum Gasteiger partial charge on any atom is 0.307 e. The molecule has 0 saturated heterocycles. The van der Waals surface area contributed by atoms with Gasteiger partial charge < -0.3 is 5.11 Å². The van der Waals surface area contributed by atoms with Crippen LogP contribution in [0.2, 0.25) is 0 Å². The molecule has 1 heterocycles. The molecule has 1 N–H and O–H groups in total. The summed E-state index contributed by atoms with van der Waals surface area (Å²) in [5.41, 5.74) is 0.837. The zero-order valence-electron chi connectivity index (χ0n) is 8.80. The van der Waals surface area contributed by atoms with Gasteiger partial charge in [-0.2, -0.15) is 0 Å². The summed E-state index contributed by atoms with van der Waals surface area (Å²) in [6, 6.07) is 5.79. The molecule has 3 fully saturated rings. The van der Waals surface area contributed by atoms with E-state index in [1.54, 1.807) is 6.20 Å². The second-order valence-corrected chi connectivity index (χ2v) is 4.69. The molecule has 0 radical (unpaired) electrons. The third-order valence-corrected chi connectivity index (χ3v) is 4.10. The van der Waals surface area contributed by atoms with Crippen LogP contribution in [0.15, 0.2) is 24.4 Å². The zero-order valence-corrected chi connectivity index (χ0v) is 9.61. The summed E-state index contributed by atoms with van der Waals surface area (Å²) < 4.78 is 0. The average Bonchev–Trinajstić information content (AvgIpc) is 2.76. The van der Waals surface area contributed by atoms with E-state index in [4.69, 9.17) is 0 Å². The number of carboxylic acid groups (broad SMARTS) is 1. The van der Waals surface area contributed by atoms with E-state index in [1.165, 1.54) is 0 Å². The van der Waals surface area contributed by atoms with Crippen LogP contribution in [-0.2, 0) is 10.2 Å². The first kappa shape index (κ1) is 11.4. The summed E-state index contributed by atoms with van der Waals surface area (Å²) in [6.45, 7) is 0. The lowest BCUT2D eigenvalue weighted by Crippen LogP contribution is -2.48. The van der Waals surface area contributed by atoms with Gasteiger partial charge >= 0.3 is 5.97 Å². The third kappa shape index (κ3) is 1.27. The third-order valence-electron chi connectivity index (χ3n) is 4.10. The van der Waals surface area contributed by atoms with Gasteiger partial charge in [0.2, 0.25) is 0 Å². The Bertz CT molecular complexity index is 405. The number of carbonyl (C=O) groups is 1. The SMILES string of the molecule is Cl.O=C(O)C1C2CCC1(c1ccccn1)C2. The predicted octanol–water partition coefficient (Wildman–Crippen LogP) is 2.26. The van der Waals surface area contributed by atoms with Crippen LogP contribution in [0.4, 0.5) is 0 Å². The summed E-state index contributed by atoms with van der Waals surface area (Å²) in [4.78, 5) is 15.5. The highest BCUT2D eigenvalue weighted by Crippen LogP contribution is 2.63. The normalized spacial score (nSPS) is 35.0. The molecule has 86 valence electrons. The molecule has 3 saturated carbocycles. The van der Waals surface area contributed by atoms with Gasteiger partial charge in [0.15, 0.2) is 0 Å². The molecule has 3 atom stereocenters. The van der Waals surface area contributed by atoms with Gasteiger partial charge in [0.1, 0.15) is 0 Å². The number of halogens is 1. The van der Waals surface area contributed by atoms with E-state index >= 15 is 0 Å². The maximum atomic E-state index is 11.2. The molecule has 3 aliphatic carbocycles. The minimum absolute atomic E-state index is 0. The summed E-state index contributed by atoms with van der Waals surface area (Å²) in [5, 5.41) is 9.21. The lowest BCUT2D eigenvalue weighted by atomic mass is 9.58. The number of pyridine rings is 1. The number of fused-ring (bicyclic) bond motifs is 1. The molecular weight excluding hydrogens is 226 g/mol. The molecule has 0 amide bonds. The Morgan fingerprint density at radius 1 is 1.50 bits per heavy atom. The average molecular weight is 240 g/mol. The largest absolute Gasteiger partial charge is 0.481 e. The van der Waals surface area contributed by atoms with E-state index < -0.39 is 5.97 Å². The number of rotatable bonds is 2. The molecular formula is C12H14ClNO2. The molecule has 16 heavy (non-hydrogen) atoms. The molecule has 1 aromatic heterocycles. The van der Waals surface area contributed by atoms with Crippen LogP contribution in [0.5, 0.6) is 0 Å². The van der Waals surface area contributed by atoms with E-state index in [9.17, 15) is 9.90 Å². The van der Waals surface area contributed by atoms with E-state index in [-0.39, 0.29) is 23.7 Å². The summed E-state index contributed by atoms with van der Waals surface area (Å²) >= 11 is 0. The van der Waals surface area contributed by atoms with Gasteiger partial charge in [-0.05, 0) is 37.3 Å². The minimum atomic E-state index is -0.644. The summed E-state index contributed by atoms with van der Waals surface area (Å²) in [7, 11) is 0. The van der Waals surface area contributed by atoms with Crippen molar-refractivity contribution in [2.45, 2.75) is 24.7 Å². The molecule has 3 aliphatic rings. The zero-order chi connectivity index (χ0) is 10.5. The van der Waals surface area contributed by atoms with E-state index in [0.717, 1.165) is 25.0 Å². The van der Waals surface area contributed by atoms with E-state index in [2.05, 4.69) is 4.98 Å². The Hall–Kier alpha value is -1.09. The first-order chi connectivity index (χ1) is 7.24. The highest BCUT2D eigenvalue weighted by molar-refractivity contribution is 5.85. The van der Waals surface area contributed by atoms with Crippen LogP contribution < -0.4 is 0 Å². The summed E-state index contributed by atoms with van der Waals surface area (Å²) in [5.74, 6) is -0.439. The second kappa shape index (κ2) is 3.74. The Morgan fingerprint density at radius 3 is 2.88 bits per heavy atom. The van der Waals surface area contributed by atoms with Gasteiger partial charge in [0.25, 0.3) is 0 Å². The monoisotopic (exact) mass is 239 g/mol. The van der Waals surface area contributed by atoms with Crippen molar-refractivity contribution in [3.05, 3.63) is 30.1 Å². The van der Waals surface area contributed by atoms with Crippen LogP contribution in [0.25, 0.3) is 0 Å². The minimum Gasteiger partial charge on any atom is -0.481 e. The number of carboxylic acids is 1. The van der Waals surface area contributed by atoms with Gasteiger partial charge in [-0.25, -0.2) is 0 Å². The Labute approximate surface area is 100 Å². The van der Waals surface area contributed by atoms with E-state index in [1.807, 2.05) is 18.2 Å². The van der Waals surface area contributed by atoms with Crippen molar-refractivity contribution in [3.63, 3.8) is 0 Å². The smallest absolute Gasteiger partial charge is 0.307 e. The fourth-order valence-corrected chi connectivity index (χ4v) is 3.46. The molecule has 0 aliphatic heterocycles. The number of aromatic nitrogens is 1. The second-order valence-electron chi connectivity index (χ2n) is 4.69. The molecule has 4 rings (SSSR count). The number of hydrogen-bond donors (Lipinski definition) is 1. The van der Waals surface area contributed by atoms with Crippen LogP contribution in [0.1, 0.15) is 25.0 Å². The highest BCUT2D eigenvalue weighted by atomic mass is 35.5. The maximum absolute atomic E-state index is 11.2. The molecule has 4 heteroatoms. The highest BCUT2D eigenvalue weighted by Gasteiger charge is 2.63. The Morgan fingerprint density at radius 2 is 2.31 bits per heavy atom. The van der Waals surface area contributed by atoms with Crippen molar-refractivity contribution in [2.75, 3.05) is 0 Å². The van der Waals surface area contributed by atoms with Crippen molar-refractivity contribution >= 4 is 18.4 Å². The van der Waals surface area contributed by atoms with Crippen LogP contribution in [-0.4, -0.2) is 16.1 Å². The van der Waals surface area contributed by atoms with Crippen molar-refractivity contribution < 1.29 is 9.90 Å². The van der Waals surface area contributed by atoms with Crippen molar-refractivity contribution in [1.82, 2.24) is 4.98 Å². The molecule has 2 bridgehead atoms. The van der Waals surface area contributed by atoms with Gasteiger partial charge in [-0.1, -0.05) is 6.07 Å². The predicted molar refractivity (Wildman–Crippen MR) is 61.6 cm³/mol. The lowest BCUT2D eigenvalue weighted by molar-refractivity contribution is -0.150. The van der Waals surface area contributed by atoms with Gasteiger partial charge in [-0.15, -0.1) is 12.4 Å². The quantitative estimate of drug-likeness (QED) is 0.861. The molecule has 1 aromatic rings. The first-order valence-corrected chi connectivity index (χ1v) is 5.38. The van der Waals surface area contributed by atoms with Gasteiger partial charge in [-0.3, -0.25) is 9.78 Å². The molecule has 0 spiro atoms. The molecule has 0 aromatic carbocycles. The van der Waals surface area contributed by atoms with Crippen molar-refractivity contribution in [1.29, 1.82) is 0 Å². The Balaban J connectivity index is 0.000000963. The fourth-order valence-electron chi connectivity index (χ4n) is 3.46.